The molecule has 0 bridgehead atoms. The van der Waals surface area contributed by atoms with Gasteiger partial charge in [0.1, 0.15) is 5.82 Å². The fraction of sp³-hybridized carbons (Fsp3) is 0.438. The Morgan fingerprint density at radius 1 is 1.20 bits per heavy atom. The molecule has 0 aromatic heterocycles. The van der Waals surface area contributed by atoms with E-state index in [0.29, 0.717) is 11.8 Å². The van der Waals surface area contributed by atoms with E-state index in [1.54, 1.807) is 7.05 Å². The van der Waals surface area contributed by atoms with Crippen LogP contribution in [0.2, 0.25) is 0 Å². The SMILES string of the molecule is C=C(/C=C\C=C/CCC)NC(=C\CCC)/N=C(/N)NC. The van der Waals surface area contributed by atoms with Gasteiger partial charge in [0.25, 0.3) is 0 Å². The van der Waals surface area contributed by atoms with Crippen molar-refractivity contribution < 1.29 is 0 Å². The van der Waals surface area contributed by atoms with E-state index in [1.807, 2.05) is 24.3 Å². The van der Waals surface area contributed by atoms with Crippen LogP contribution in [0.25, 0.3) is 0 Å². The van der Waals surface area contributed by atoms with Gasteiger partial charge in [0.05, 0.1) is 0 Å². The molecule has 4 heteroatoms. The van der Waals surface area contributed by atoms with Crippen LogP contribution in [0, 0.1) is 0 Å². The second kappa shape index (κ2) is 12.1. The maximum absolute atomic E-state index is 5.68. The lowest BCUT2D eigenvalue weighted by Crippen LogP contribution is -2.28. The van der Waals surface area contributed by atoms with Crippen LogP contribution in [0.3, 0.4) is 0 Å². The summed E-state index contributed by atoms with van der Waals surface area (Å²) < 4.78 is 0. The fourth-order valence-electron chi connectivity index (χ4n) is 1.31. The predicted molar refractivity (Wildman–Crippen MR) is 89.1 cm³/mol. The molecule has 0 aromatic rings. The van der Waals surface area contributed by atoms with Gasteiger partial charge in [-0.15, -0.1) is 0 Å². The molecule has 4 N–H and O–H groups in total. The van der Waals surface area contributed by atoms with Crippen LogP contribution < -0.4 is 16.4 Å². The first kappa shape index (κ1) is 18.0. The molecular formula is C16H28N4. The number of guanidine groups is 1. The van der Waals surface area contributed by atoms with Crippen molar-refractivity contribution in [3.05, 3.63) is 48.5 Å². The average molecular weight is 276 g/mol. The Bertz CT molecular complexity index is 389. The maximum atomic E-state index is 5.68. The number of nitrogens with two attached hydrogens (primary N) is 1. The first-order valence-electron chi connectivity index (χ1n) is 7.15. The molecule has 4 nitrogen and oxygen atoms in total. The molecule has 0 rings (SSSR count). The van der Waals surface area contributed by atoms with Crippen LogP contribution in [0.15, 0.2) is 53.5 Å². The topological polar surface area (TPSA) is 62.4 Å². The second-order valence-corrected chi connectivity index (χ2v) is 4.35. The summed E-state index contributed by atoms with van der Waals surface area (Å²) in [6.07, 6.45) is 14.3. The van der Waals surface area contributed by atoms with Gasteiger partial charge in [-0.05, 0) is 25.0 Å². The lowest BCUT2D eigenvalue weighted by Gasteiger charge is -2.07. The Hall–Kier alpha value is -1.97. The third kappa shape index (κ3) is 10.00. The Kier molecular flexibility index (Phi) is 10.9. The highest BCUT2D eigenvalue weighted by Crippen LogP contribution is 2.01. The van der Waals surface area contributed by atoms with E-state index in [0.717, 1.165) is 31.4 Å². The summed E-state index contributed by atoms with van der Waals surface area (Å²) in [5, 5.41) is 5.95. The van der Waals surface area contributed by atoms with E-state index in [2.05, 4.69) is 42.1 Å². The highest BCUT2D eigenvalue weighted by molar-refractivity contribution is 5.78. The van der Waals surface area contributed by atoms with Gasteiger partial charge in [-0.2, -0.15) is 4.99 Å². The van der Waals surface area contributed by atoms with Crippen molar-refractivity contribution in [1.29, 1.82) is 0 Å². The van der Waals surface area contributed by atoms with Gasteiger partial charge in [0.2, 0.25) is 0 Å². The van der Waals surface area contributed by atoms with Crippen LogP contribution >= 0.6 is 0 Å². The number of rotatable bonds is 9. The van der Waals surface area contributed by atoms with Crippen molar-refractivity contribution in [2.45, 2.75) is 39.5 Å². The summed E-state index contributed by atoms with van der Waals surface area (Å²) in [5.74, 6) is 1.09. The van der Waals surface area contributed by atoms with E-state index in [1.165, 1.54) is 0 Å². The standard InChI is InChI=1S/C16H28N4/c1-5-7-9-10-11-12-14(3)19-15(13-8-6-2)20-16(17)18-4/h9-13,19H,3,5-8H2,1-2,4H3,(H3,17,18,20)/b10-9-,12-11-,15-13+. The first-order chi connectivity index (χ1) is 9.63. The van der Waals surface area contributed by atoms with Gasteiger partial charge in [0.15, 0.2) is 5.96 Å². The highest BCUT2D eigenvalue weighted by Gasteiger charge is 1.96. The molecule has 0 fully saturated rings. The van der Waals surface area contributed by atoms with Crippen LogP contribution in [-0.4, -0.2) is 13.0 Å². The summed E-state index contributed by atoms with van der Waals surface area (Å²) in [6.45, 7) is 8.22. The largest absolute Gasteiger partial charge is 0.370 e. The van der Waals surface area contributed by atoms with Crippen molar-refractivity contribution >= 4 is 5.96 Å². The minimum Gasteiger partial charge on any atom is -0.370 e. The van der Waals surface area contributed by atoms with Crippen LogP contribution in [0.5, 0.6) is 0 Å². The number of aliphatic imine (C=N–C) groups is 1. The third-order valence-electron chi connectivity index (χ3n) is 2.41. The Morgan fingerprint density at radius 3 is 2.50 bits per heavy atom. The molecular weight excluding hydrogens is 248 g/mol. The van der Waals surface area contributed by atoms with Crippen molar-refractivity contribution in [3.8, 4) is 0 Å². The van der Waals surface area contributed by atoms with Gasteiger partial charge in [-0.25, -0.2) is 0 Å². The predicted octanol–water partition coefficient (Wildman–Crippen LogP) is 3.18. The van der Waals surface area contributed by atoms with E-state index in [9.17, 15) is 0 Å². The molecule has 0 spiro atoms. The van der Waals surface area contributed by atoms with E-state index < -0.39 is 0 Å². The zero-order valence-corrected chi connectivity index (χ0v) is 12.9. The molecule has 0 aliphatic heterocycles. The first-order valence-corrected chi connectivity index (χ1v) is 7.15. The summed E-state index contributed by atoms with van der Waals surface area (Å²) in [6, 6.07) is 0. The summed E-state index contributed by atoms with van der Waals surface area (Å²) in [4.78, 5) is 4.25. The summed E-state index contributed by atoms with van der Waals surface area (Å²) >= 11 is 0. The zero-order chi connectivity index (χ0) is 15.2. The lowest BCUT2D eigenvalue weighted by molar-refractivity contribution is 0.899. The Labute approximate surface area is 123 Å². The van der Waals surface area contributed by atoms with Gasteiger partial charge < -0.3 is 16.4 Å². The van der Waals surface area contributed by atoms with Crippen molar-refractivity contribution in [1.82, 2.24) is 10.6 Å². The molecule has 0 aliphatic rings. The van der Waals surface area contributed by atoms with Gasteiger partial charge in [-0.3, -0.25) is 0 Å². The lowest BCUT2D eigenvalue weighted by atomic mass is 10.3. The molecule has 0 amide bonds. The smallest absolute Gasteiger partial charge is 0.194 e. The molecule has 0 radical (unpaired) electrons. The maximum Gasteiger partial charge on any atom is 0.194 e. The average Bonchev–Trinajstić information content (AvgIpc) is 2.44. The van der Waals surface area contributed by atoms with Crippen LogP contribution in [-0.2, 0) is 0 Å². The van der Waals surface area contributed by atoms with Crippen molar-refractivity contribution in [2.75, 3.05) is 7.05 Å². The monoisotopic (exact) mass is 276 g/mol. The van der Waals surface area contributed by atoms with Crippen molar-refractivity contribution in [2.24, 2.45) is 10.7 Å². The number of hydrogen-bond acceptors (Lipinski definition) is 2. The van der Waals surface area contributed by atoms with Crippen LogP contribution in [0.4, 0.5) is 0 Å². The molecule has 112 valence electrons. The molecule has 0 atom stereocenters. The molecule has 0 aliphatic carbocycles. The van der Waals surface area contributed by atoms with Gasteiger partial charge >= 0.3 is 0 Å². The zero-order valence-electron chi connectivity index (χ0n) is 12.9. The summed E-state index contributed by atoms with van der Waals surface area (Å²) in [5.41, 5.74) is 6.45. The molecule has 0 unspecified atom stereocenters. The summed E-state index contributed by atoms with van der Waals surface area (Å²) in [7, 11) is 1.74. The Balaban J connectivity index is 4.54. The van der Waals surface area contributed by atoms with E-state index in [-0.39, 0.29) is 0 Å². The van der Waals surface area contributed by atoms with Crippen molar-refractivity contribution in [3.63, 3.8) is 0 Å². The van der Waals surface area contributed by atoms with E-state index >= 15 is 0 Å². The Morgan fingerprint density at radius 2 is 1.90 bits per heavy atom. The number of hydrogen-bond donors (Lipinski definition) is 3. The fourth-order valence-corrected chi connectivity index (χ4v) is 1.31. The third-order valence-corrected chi connectivity index (χ3v) is 2.41. The number of allylic oxidation sites excluding steroid dienone is 5. The minimum atomic E-state index is 0.375. The molecule has 0 saturated carbocycles. The molecule has 20 heavy (non-hydrogen) atoms. The second-order valence-electron chi connectivity index (χ2n) is 4.35. The highest BCUT2D eigenvalue weighted by atomic mass is 15.1. The number of unbranched alkanes of at least 4 members (excludes halogenated alkanes) is 2. The van der Waals surface area contributed by atoms with Crippen LogP contribution in [0.1, 0.15) is 39.5 Å². The number of nitrogens with one attached hydrogen (secondary N) is 2. The van der Waals surface area contributed by atoms with E-state index in [4.69, 9.17) is 5.73 Å². The van der Waals surface area contributed by atoms with Gasteiger partial charge in [-0.1, -0.05) is 51.5 Å². The number of nitrogens with zero attached hydrogens (tertiary/aromatic N) is 1. The molecule has 0 aromatic carbocycles. The molecule has 0 saturated heterocycles. The molecule has 0 heterocycles. The quantitative estimate of drug-likeness (QED) is 0.344. The minimum absolute atomic E-state index is 0.375. The normalized spacial score (nSPS) is 13.2. The van der Waals surface area contributed by atoms with Gasteiger partial charge in [0, 0.05) is 12.7 Å².